The Morgan fingerprint density at radius 2 is 2.37 bits per heavy atom. The predicted octanol–water partition coefficient (Wildman–Crippen LogP) is 1.66. The molecule has 1 atom stereocenters. The van der Waals surface area contributed by atoms with Gasteiger partial charge in [0.1, 0.15) is 0 Å². The molecule has 1 heterocycles. The summed E-state index contributed by atoms with van der Waals surface area (Å²) in [4.78, 5) is 14.0. The summed E-state index contributed by atoms with van der Waals surface area (Å²) in [6, 6.07) is 8.30. The molecule has 1 aromatic rings. The molecule has 2 rings (SSSR count). The number of esters is 1. The minimum absolute atomic E-state index is 0.269. The van der Waals surface area contributed by atoms with Crippen LogP contribution < -0.4 is 5.32 Å². The number of hydrogen-bond acceptors (Lipinski definition) is 4. The molecule has 0 unspecified atom stereocenters. The van der Waals surface area contributed by atoms with Gasteiger partial charge in [-0.25, -0.2) is 4.79 Å². The smallest absolute Gasteiger partial charge is 0.337 e. The van der Waals surface area contributed by atoms with Gasteiger partial charge in [0.05, 0.1) is 12.7 Å². The third-order valence-corrected chi connectivity index (χ3v) is 3.68. The molecule has 0 amide bonds. The van der Waals surface area contributed by atoms with Gasteiger partial charge >= 0.3 is 5.97 Å². The number of piperazine rings is 1. The Labute approximate surface area is 114 Å². The molecule has 4 heteroatoms. The van der Waals surface area contributed by atoms with Gasteiger partial charge in [-0.05, 0) is 24.1 Å². The van der Waals surface area contributed by atoms with Crippen LogP contribution in [0.3, 0.4) is 0 Å². The fourth-order valence-electron chi connectivity index (χ4n) is 2.56. The second-order valence-corrected chi connectivity index (χ2v) is 4.93. The van der Waals surface area contributed by atoms with Crippen molar-refractivity contribution in [3.63, 3.8) is 0 Å². The van der Waals surface area contributed by atoms with Crippen LogP contribution in [-0.2, 0) is 11.3 Å². The van der Waals surface area contributed by atoms with Crippen LogP contribution >= 0.6 is 0 Å². The van der Waals surface area contributed by atoms with Crippen LogP contribution in [0.25, 0.3) is 0 Å². The molecule has 0 bridgehead atoms. The molecule has 104 valence electrons. The van der Waals surface area contributed by atoms with E-state index in [1.54, 1.807) is 6.07 Å². The minimum Gasteiger partial charge on any atom is -0.465 e. The Balaban J connectivity index is 2.07. The van der Waals surface area contributed by atoms with Crippen LogP contribution in [0.15, 0.2) is 24.3 Å². The predicted molar refractivity (Wildman–Crippen MR) is 75.1 cm³/mol. The van der Waals surface area contributed by atoms with Crippen molar-refractivity contribution < 1.29 is 9.53 Å². The molecule has 0 radical (unpaired) electrons. The molecule has 0 saturated carbocycles. The molecule has 1 aliphatic rings. The molecule has 1 aromatic carbocycles. The number of nitrogens with one attached hydrogen (secondary N) is 1. The SMILES string of the molecule is CC[C@@H]1CNCCN1Cc1cccc(C(=O)OC)c1. The summed E-state index contributed by atoms with van der Waals surface area (Å²) >= 11 is 0. The van der Waals surface area contributed by atoms with Gasteiger partial charge in [-0.3, -0.25) is 4.90 Å². The maximum absolute atomic E-state index is 11.5. The molecule has 1 saturated heterocycles. The number of methoxy groups -OCH3 is 1. The standard InChI is InChI=1S/C15H22N2O2/c1-3-14-10-16-7-8-17(14)11-12-5-4-6-13(9-12)15(18)19-2/h4-6,9,14,16H,3,7-8,10-11H2,1-2H3/t14-/m1/s1. The molecular formula is C15H22N2O2. The number of hydrogen-bond donors (Lipinski definition) is 1. The van der Waals surface area contributed by atoms with Crippen molar-refractivity contribution in [3.8, 4) is 0 Å². The van der Waals surface area contributed by atoms with Crippen molar-refractivity contribution >= 4 is 5.97 Å². The maximum atomic E-state index is 11.5. The average Bonchev–Trinajstić information content (AvgIpc) is 2.47. The number of carbonyl (C=O) groups is 1. The molecule has 4 nitrogen and oxygen atoms in total. The summed E-state index contributed by atoms with van der Waals surface area (Å²) in [6.07, 6.45) is 1.14. The Bertz CT molecular complexity index is 434. The highest BCUT2D eigenvalue weighted by Crippen LogP contribution is 2.14. The van der Waals surface area contributed by atoms with Crippen LogP contribution in [0.5, 0.6) is 0 Å². The highest BCUT2D eigenvalue weighted by atomic mass is 16.5. The molecule has 1 aliphatic heterocycles. The molecule has 0 aliphatic carbocycles. The summed E-state index contributed by atoms with van der Waals surface area (Å²) < 4.78 is 4.76. The van der Waals surface area contributed by atoms with Gasteiger partial charge in [-0.1, -0.05) is 19.1 Å². The molecule has 19 heavy (non-hydrogen) atoms. The summed E-state index contributed by atoms with van der Waals surface area (Å²) in [5.74, 6) is -0.269. The monoisotopic (exact) mass is 262 g/mol. The van der Waals surface area contributed by atoms with Gasteiger partial charge in [0, 0.05) is 32.2 Å². The van der Waals surface area contributed by atoms with Crippen molar-refractivity contribution in [1.29, 1.82) is 0 Å². The molecule has 0 spiro atoms. The Morgan fingerprint density at radius 3 is 3.11 bits per heavy atom. The Kier molecular flexibility index (Phi) is 4.93. The third kappa shape index (κ3) is 3.55. The van der Waals surface area contributed by atoms with Crippen LogP contribution in [0.2, 0.25) is 0 Å². The minimum atomic E-state index is -0.269. The lowest BCUT2D eigenvalue weighted by molar-refractivity contribution is 0.0600. The first-order valence-corrected chi connectivity index (χ1v) is 6.86. The Hall–Kier alpha value is -1.39. The first-order chi connectivity index (χ1) is 9.24. The summed E-state index contributed by atoms with van der Waals surface area (Å²) in [5.41, 5.74) is 1.80. The van der Waals surface area contributed by atoms with E-state index in [0.717, 1.165) is 32.6 Å². The quantitative estimate of drug-likeness (QED) is 0.838. The molecule has 0 aromatic heterocycles. The number of ether oxygens (including phenoxy) is 1. The third-order valence-electron chi connectivity index (χ3n) is 3.68. The highest BCUT2D eigenvalue weighted by molar-refractivity contribution is 5.89. The highest BCUT2D eigenvalue weighted by Gasteiger charge is 2.20. The van der Waals surface area contributed by atoms with Gasteiger partial charge in [-0.2, -0.15) is 0 Å². The topological polar surface area (TPSA) is 41.6 Å². The zero-order valence-electron chi connectivity index (χ0n) is 11.7. The first kappa shape index (κ1) is 14.0. The van der Waals surface area contributed by atoms with Gasteiger partial charge < -0.3 is 10.1 Å². The van der Waals surface area contributed by atoms with Crippen LogP contribution in [-0.4, -0.2) is 43.7 Å². The van der Waals surface area contributed by atoms with Gasteiger partial charge in [0.25, 0.3) is 0 Å². The fraction of sp³-hybridized carbons (Fsp3) is 0.533. The lowest BCUT2D eigenvalue weighted by Crippen LogP contribution is -2.50. The van der Waals surface area contributed by atoms with Crippen LogP contribution in [0.1, 0.15) is 29.3 Å². The zero-order chi connectivity index (χ0) is 13.7. The average molecular weight is 262 g/mol. The lowest BCUT2D eigenvalue weighted by atomic mass is 10.1. The number of rotatable bonds is 4. The maximum Gasteiger partial charge on any atom is 0.337 e. The second kappa shape index (κ2) is 6.68. The number of benzene rings is 1. The van der Waals surface area contributed by atoms with E-state index in [1.165, 1.54) is 12.7 Å². The van der Waals surface area contributed by atoms with E-state index >= 15 is 0 Å². The van der Waals surface area contributed by atoms with Crippen molar-refractivity contribution in [2.24, 2.45) is 0 Å². The van der Waals surface area contributed by atoms with E-state index in [9.17, 15) is 4.79 Å². The summed E-state index contributed by atoms with van der Waals surface area (Å²) in [6.45, 7) is 6.25. The zero-order valence-corrected chi connectivity index (χ0v) is 11.7. The van der Waals surface area contributed by atoms with Crippen LogP contribution in [0, 0.1) is 0 Å². The van der Waals surface area contributed by atoms with Crippen molar-refractivity contribution in [1.82, 2.24) is 10.2 Å². The van der Waals surface area contributed by atoms with Gasteiger partial charge in [-0.15, -0.1) is 0 Å². The normalized spacial score (nSPS) is 20.2. The largest absolute Gasteiger partial charge is 0.465 e. The Morgan fingerprint density at radius 1 is 1.53 bits per heavy atom. The van der Waals surface area contributed by atoms with Crippen molar-refractivity contribution in [3.05, 3.63) is 35.4 Å². The van der Waals surface area contributed by atoms with Gasteiger partial charge in [0.2, 0.25) is 0 Å². The van der Waals surface area contributed by atoms with Crippen molar-refractivity contribution in [2.45, 2.75) is 25.9 Å². The fourth-order valence-corrected chi connectivity index (χ4v) is 2.56. The second-order valence-electron chi connectivity index (χ2n) is 4.93. The number of carbonyl (C=O) groups excluding carboxylic acids is 1. The van der Waals surface area contributed by atoms with E-state index in [-0.39, 0.29) is 5.97 Å². The number of nitrogens with zero attached hydrogens (tertiary/aromatic N) is 1. The van der Waals surface area contributed by atoms with E-state index in [1.807, 2.05) is 12.1 Å². The molecular weight excluding hydrogens is 240 g/mol. The van der Waals surface area contributed by atoms with E-state index in [2.05, 4.69) is 23.2 Å². The van der Waals surface area contributed by atoms with Crippen LogP contribution in [0.4, 0.5) is 0 Å². The van der Waals surface area contributed by atoms with Crippen molar-refractivity contribution in [2.75, 3.05) is 26.7 Å². The lowest BCUT2D eigenvalue weighted by Gasteiger charge is -2.35. The first-order valence-electron chi connectivity index (χ1n) is 6.86. The molecule has 1 N–H and O–H groups in total. The van der Waals surface area contributed by atoms with E-state index in [0.29, 0.717) is 11.6 Å². The summed E-state index contributed by atoms with van der Waals surface area (Å²) in [5, 5.41) is 3.42. The van der Waals surface area contributed by atoms with E-state index < -0.39 is 0 Å². The van der Waals surface area contributed by atoms with E-state index in [4.69, 9.17) is 4.74 Å². The van der Waals surface area contributed by atoms with Gasteiger partial charge in [0.15, 0.2) is 0 Å². The molecule has 1 fully saturated rings. The summed E-state index contributed by atoms with van der Waals surface area (Å²) in [7, 11) is 1.42.